The number of nitrogens with two attached hydrogens (primary N) is 1. The first-order chi connectivity index (χ1) is 9.43. The van der Waals surface area contributed by atoms with Crippen molar-refractivity contribution in [2.24, 2.45) is 5.84 Å². The summed E-state index contributed by atoms with van der Waals surface area (Å²) < 4.78 is 28.0. The molecule has 0 aliphatic heterocycles. The summed E-state index contributed by atoms with van der Waals surface area (Å²) in [6.07, 6.45) is 4.04. The Kier molecular flexibility index (Phi) is 6.47. The van der Waals surface area contributed by atoms with Crippen molar-refractivity contribution in [3.8, 4) is 5.75 Å². The molecule has 0 aromatic heterocycles. The lowest BCUT2D eigenvalue weighted by atomic mass is 10.2. The van der Waals surface area contributed by atoms with Gasteiger partial charge in [-0.15, -0.1) is 0 Å². The third kappa shape index (κ3) is 6.03. The fraction of sp³-hybridized carbons (Fsp3) is 0.462. The van der Waals surface area contributed by atoms with Crippen LogP contribution in [0, 0.1) is 0 Å². The van der Waals surface area contributed by atoms with Crippen molar-refractivity contribution in [1.82, 2.24) is 5.43 Å². The van der Waals surface area contributed by atoms with E-state index in [-0.39, 0.29) is 10.8 Å². The smallest absolute Gasteiger partial charge is 0.233 e. The summed E-state index contributed by atoms with van der Waals surface area (Å²) in [6, 6.07) is 6.32. The molecule has 0 saturated heterocycles. The highest BCUT2D eigenvalue weighted by Crippen LogP contribution is 2.16. The van der Waals surface area contributed by atoms with Crippen molar-refractivity contribution in [3.05, 3.63) is 24.3 Å². The highest BCUT2D eigenvalue weighted by Gasteiger charge is 2.06. The van der Waals surface area contributed by atoms with E-state index in [1.54, 1.807) is 12.1 Å². The quantitative estimate of drug-likeness (QED) is 0.323. The van der Waals surface area contributed by atoms with Crippen LogP contribution in [0.5, 0.6) is 5.75 Å². The Balaban J connectivity index is 2.24. The second kappa shape index (κ2) is 7.86. The molecule has 0 bridgehead atoms. The third-order valence-corrected chi connectivity index (χ3v) is 3.86. The maximum absolute atomic E-state index is 11.3. The number of hydrogen-bond acceptors (Lipinski definition) is 5. The standard InChI is InChI=1S/C13H20N2O4S/c1-20(17,18)12-8-6-11(7-9-12)19-10-4-2-3-5-13(16)15-14/h6-9H,2-5,10,14H2,1H3,(H,15,16). The zero-order valence-electron chi connectivity index (χ0n) is 11.5. The van der Waals surface area contributed by atoms with Crippen molar-refractivity contribution in [3.63, 3.8) is 0 Å². The molecule has 3 N–H and O–H groups in total. The van der Waals surface area contributed by atoms with Crippen molar-refractivity contribution >= 4 is 15.7 Å². The fourth-order valence-electron chi connectivity index (χ4n) is 1.61. The average Bonchev–Trinajstić information content (AvgIpc) is 2.41. The third-order valence-electron chi connectivity index (χ3n) is 2.73. The molecule has 1 rings (SSSR count). The monoisotopic (exact) mass is 300 g/mol. The molecule has 0 fully saturated rings. The number of carbonyl (C=O) groups excluding carboxylic acids is 1. The molecule has 0 unspecified atom stereocenters. The van der Waals surface area contributed by atoms with E-state index in [9.17, 15) is 13.2 Å². The van der Waals surface area contributed by atoms with Crippen LogP contribution in [0.15, 0.2) is 29.2 Å². The maximum Gasteiger partial charge on any atom is 0.233 e. The van der Waals surface area contributed by atoms with Gasteiger partial charge in [-0.2, -0.15) is 0 Å². The van der Waals surface area contributed by atoms with Crippen LogP contribution in [-0.2, 0) is 14.6 Å². The van der Waals surface area contributed by atoms with E-state index in [1.165, 1.54) is 18.4 Å². The molecular formula is C13H20N2O4S. The SMILES string of the molecule is CS(=O)(=O)c1ccc(OCCCCCC(=O)NN)cc1. The highest BCUT2D eigenvalue weighted by molar-refractivity contribution is 7.90. The molecule has 7 heteroatoms. The fourth-order valence-corrected chi connectivity index (χ4v) is 2.24. The van der Waals surface area contributed by atoms with E-state index in [0.29, 0.717) is 18.8 Å². The lowest BCUT2D eigenvalue weighted by Gasteiger charge is -2.06. The molecule has 1 aromatic rings. The minimum absolute atomic E-state index is 0.165. The second-order valence-electron chi connectivity index (χ2n) is 4.47. The summed E-state index contributed by atoms with van der Waals surface area (Å²) in [4.78, 5) is 11.1. The van der Waals surface area contributed by atoms with Crippen molar-refractivity contribution in [2.75, 3.05) is 12.9 Å². The Morgan fingerprint density at radius 1 is 1.20 bits per heavy atom. The van der Waals surface area contributed by atoms with Crippen LogP contribution in [-0.4, -0.2) is 27.2 Å². The topological polar surface area (TPSA) is 98.5 Å². The highest BCUT2D eigenvalue weighted by atomic mass is 32.2. The first-order valence-corrected chi connectivity index (χ1v) is 8.25. The van der Waals surface area contributed by atoms with Gasteiger partial charge in [-0.25, -0.2) is 14.3 Å². The molecule has 0 aliphatic rings. The number of unbranched alkanes of at least 4 members (excludes halogenated alkanes) is 2. The minimum atomic E-state index is -3.17. The molecule has 0 saturated carbocycles. The van der Waals surface area contributed by atoms with Gasteiger partial charge in [0.05, 0.1) is 11.5 Å². The Labute approximate surface area is 119 Å². The predicted octanol–water partition coefficient (Wildman–Crippen LogP) is 1.02. The van der Waals surface area contributed by atoms with E-state index < -0.39 is 9.84 Å². The van der Waals surface area contributed by atoms with Crippen molar-refractivity contribution in [2.45, 2.75) is 30.6 Å². The Bertz CT molecular complexity index is 526. The molecule has 0 spiro atoms. The molecule has 6 nitrogen and oxygen atoms in total. The molecule has 20 heavy (non-hydrogen) atoms. The first kappa shape index (κ1) is 16.5. The summed E-state index contributed by atoms with van der Waals surface area (Å²) >= 11 is 0. The Hall–Kier alpha value is -1.60. The van der Waals surface area contributed by atoms with Crippen LogP contribution in [0.3, 0.4) is 0 Å². The minimum Gasteiger partial charge on any atom is -0.494 e. The number of ether oxygens (including phenoxy) is 1. The summed E-state index contributed by atoms with van der Waals surface area (Å²) in [5.74, 6) is 5.44. The van der Waals surface area contributed by atoms with E-state index in [1.807, 2.05) is 0 Å². The van der Waals surface area contributed by atoms with Crippen LogP contribution in [0.1, 0.15) is 25.7 Å². The van der Waals surface area contributed by atoms with Gasteiger partial charge in [0.1, 0.15) is 5.75 Å². The summed E-state index contributed by atoms with van der Waals surface area (Å²) in [7, 11) is -3.17. The maximum atomic E-state index is 11.3. The number of carbonyl (C=O) groups is 1. The lowest BCUT2D eigenvalue weighted by Crippen LogP contribution is -2.29. The number of benzene rings is 1. The molecular weight excluding hydrogens is 280 g/mol. The van der Waals surface area contributed by atoms with Crippen molar-refractivity contribution in [1.29, 1.82) is 0 Å². The molecule has 0 aliphatic carbocycles. The molecule has 0 radical (unpaired) electrons. The van der Waals surface area contributed by atoms with Gasteiger partial charge in [0.25, 0.3) is 0 Å². The van der Waals surface area contributed by atoms with Crippen LogP contribution in [0.25, 0.3) is 0 Å². The zero-order valence-corrected chi connectivity index (χ0v) is 12.3. The predicted molar refractivity (Wildman–Crippen MR) is 75.8 cm³/mol. The average molecular weight is 300 g/mol. The normalized spacial score (nSPS) is 11.1. The van der Waals surface area contributed by atoms with Gasteiger partial charge in [0, 0.05) is 12.7 Å². The van der Waals surface area contributed by atoms with Gasteiger partial charge in [-0.05, 0) is 43.5 Å². The molecule has 1 aromatic carbocycles. The number of nitrogens with one attached hydrogen (secondary N) is 1. The molecule has 1 amide bonds. The van der Waals surface area contributed by atoms with Gasteiger partial charge < -0.3 is 4.74 Å². The van der Waals surface area contributed by atoms with Crippen LogP contribution >= 0.6 is 0 Å². The van der Waals surface area contributed by atoms with E-state index in [0.717, 1.165) is 19.3 Å². The number of hydrazine groups is 1. The second-order valence-corrected chi connectivity index (χ2v) is 6.49. The number of hydrogen-bond donors (Lipinski definition) is 2. The van der Waals surface area contributed by atoms with E-state index in [2.05, 4.69) is 5.43 Å². The van der Waals surface area contributed by atoms with Gasteiger partial charge in [-0.1, -0.05) is 0 Å². The largest absolute Gasteiger partial charge is 0.494 e. The van der Waals surface area contributed by atoms with E-state index >= 15 is 0 Å². The van der Waals surface area contributed by atoms with Gasteiger partial charge in [0.2, 0.25) is 5.91 Å². The zero-order chi connectivity index (χ0) is 15.0. The van der Waals surface area contributed by atoms with Crippen LogP contribution in [0.2, 0.25) is 0 Å². The van der Waals surface area contributed by atoms with Gasteiger partial charge in [0.15, 0.2) is 9.84 Å². The van der Waals surface area contributed by atoms with Gasteiger partial charge in [-0.3, -0.25) is 10.2 Å². The number of sulfone groups is 1. The molecule has 112 valence electrons. The Morgan fingerprint density at radius 3 is 2.40 bits per heavy atom. The van der Waals surface area contributed by atoms with E-state index in [4.69, 9.17) is 10.6 Å². The van der Waals surface area contributed by atoms with Crippen molar-refractivity contribution < 1.29 is 17.9 Å². The molecule has 0 atom stereocenters. The summed E-state index contributed by atoms with van der Waals surface area (Å²) in [5.41, 5.74) is 2.08. The van der Waals surface area contributed by atoms with Gasteiger partial charge >= 0.3 is 0 Å². The van der Waals surface area contributed by atoms with Crippen LogP contribution < -0.4 is 16.0 Å². The lowest BCUT2D eigenvalue weighted by molar-refractivity contribution is -0.121. The summed E-state index contributed by atoms with van der Waals surface area (Å²) in [6.45, 7) is 0.530. The molecule has 0 heterocycles. The number of amides is 1. The number of rotatable bonds is 8. The summed E-state index contributed by atoms with van der Waals surface area (Å²) in [5, 5.41) is 0. The first-order valence-electron chi connectivity index (χ1n) is 6.36. The Morgan fingerprint density at radius 2 is 1.85 bits per heavy atom. The van der Waals surface area contributed by atoms with Crippen LogP contribution in [0.4, 0.5) is 0 Å².